The van der Waals surface area contributed by atoms with Crippen LogP contribution in [0.3, 0.4) is 0 Å². The molecule has 1 atom stereocenters. The van der Waals surface area contributed by atoms with Crippen molar-refractivity contribution in [1.82, 2.24) is 15.2 Å². The topological polar surface area (TPSA) is 80.2 Å². The SMILES string of the molecule is CCC1CCCCN1c1cnnc(Nc2cccc(C(=O)OC)c2)n1. The van der Waals surface area contributed by atoms with Gasteiger partial charge in [-0.1, -0.05) is 13.0 Å². The third kappa shape index (κ3) is 4.04. The molecule has 1 fully saturated rings. The molecule has 1 saturated heterocycles. The summed E-state index contributed by atoms with van der Waals surface area (Å²) in [4.78, 5) is 18.6. The van der Waals surface area contributed by atoms with Crippen LogP contribution in [-0.4, -0.2) is 40.8 Å². The first kappa shape index (κ1) is 17.1. The number of anilines is 3. The monoisotopic (exact) mass is 341 g/mol. The number of aromatic nitrogens is 3. The van der Waals surface area contributed by atoms with Gasteiger partial charge >= 0.3 is 5.97 Å². The molecule has 0 amide bonds. The van der Waals surface area contributed by atoms with E-state index in [0.717, 1.165) is 18.8 Å². The molecule has 1 unspecified atom stereocenters. The van der Waals surface area contributed by atoms with Crippen LogP contribution in [0.25, 0.3) is 0 Å². The van der Waals surface area contributed by atoms with Gasteiger partial charge in [0.25, 0.3) is 0 Å². The number of nitrogens with one attached hydrogen (secondary N) is 1. The second kappa shape index (κ2) is 7.92. The Balaban J connectivity index is 1.79. The second-order valence-corrected chi connectivity index (χ2v) is 6.09. The van der Waals surface area contributed by atoms with Crippen LogP contribution in [0.5, 0.6) is 0 Å². The maximum Gasteiger partial charge on any atom is 0.337 e. The minimum absolute atomic E-state index is 0.379. The second-order valence-electron chi connectivity index (χ2n) is 6.09. The predicted octanol–water partition coefficient (Wildman–Crippen LogP) is 3.17. The van der Waals surface area contributed by atoms with Gasteiger partial charge in [-0.05, 0) is 43.9 Å². The summed E-state index contributed by atoms with van der Waals surface area (Å²) in [7, 11) is 1.36. The predicted molar refractivity (Wildman–Crippen MR) is 96.2 cm³/mol. The summed E-state index contributed by atoms with van der Waals surface area (Å²) in [6.45, 7) is 3.20. The molecule has 132 valence electrons. The van der Waals surface area contributed by atoms with Crippen molar-refractivity contribution in [3.8, 4) is 0 Å². The van der Waals surface area contributed by atoms with Gasteiger partial charge in [-0.3, -0.25) is 0 Å². The fourth-order valence-electron chi connectivity index (χ4n) is 3.18. The molecule has 0 saturated carbocycles. The van der Waals surface area contributed by atoms with Gasteiger partial charge in [-0.25, -0.2) is 4.79 Å². The maximum absolute atomic E-state index is 11.6. The molecule has 1 aliphatic heterocycles. The summed E-state index contributed by atoms with van der Waals surface area (Å²) in [5.74, 6) is 0.878. The average molecular weight is 341 g/mol. The molecule has 2 heterocycles. The lowest BCUT2D eigenvalue weighted by atomic mass is 10.0. The molecule has 1 aliphatic rings. The third-order valence-corrected chi connectivity index (χ3v) is 4.48. The van der Waals surface area contributed by atoms with Crippen LogP contribution in [0, 0.1) is 0 Å². The zero-order chi connectivity index (χ0) is 17.6. The van der Waals surface area contributed by atoms with Crippen molar-refractivity contribution < 1.29 is 9.53 Å². The molecule has 7 nitrogen and oxygen atoms in total. The van der Waals surface area contributed by atoms with E-state index >= 15 is 0 Å². The van der Waals surface area contributed by atoms with Gasteiger partial charge in [0, 0.05) is 18.3 Å². The molecule has 25 heavy (non-hydrogen) atoms. The number of nitrogens with zero attached hydrogens (tertiary/aromatic N) is 4. The minimum atomic E-state index is -0.379. The van der Waals surface area contributed by atoms with E-state index in [-0.39, 0.29) is 5.97 Å². The van der Waals surface area contributed by atoms with Gasteiger partial charge in [0.15, 0.2) is 5.82 Å². The molecule has 0 aliphatic carbocycles. The quantitative estimate of drug-likeness (QED) is 0.837. The molecule has 3 rings (SSSR count). The number of ether oxygens (including phenoxy) is 1. The molecule has 0 radical (unpaired) electrons. The molecule has 1 aromatic heterocycles. The van der Waals surface area contributed by atoms with Gasteiger partial charge in [0.2, 0.25) is 5.95 Å². The van der Waals surface area contributed by atoms with Crippen molar-refractivity contribution in [2.24, 2.45) is 0 Å². The highest BCUT2D eigenvalue weighted by molar-refractivity contribution is 5.90. The van der Waals surface area contributed by atoms with Crippen molar-refractivity contribution >= 4 is 23.4 Å². The van der Waals surface area contributed by atoms with Crippen LogP contribution in [0.1, 0.15) is 43.0 Å². The standard InChI is InChI=1S/C18H23N5O2/c1-3-15-9-4-5-10-23(15)16-12-19-22-18(21-16)20-14-8-6-7-13(11-14)17(24)25-2/h6-8,11-12,15H,3-5,9-10H2,1-2H3,(H,20,21,22). The lowest BCUT2D eigenvalue weighted by Crippen LogP contribution is -2.39. The number of esters is 1. The zero-order valence-corrected chi connectivity index (χ0v) is 14.6. The van der Waals surface area contributed by atoms with Gasteiger partial charge in [0.1, 0.15) is 0 Å². The summed E-state index contributed by atoms with van der Waals surface area (Å²) in [6.07, 6.45) is 6.42. The molecule has 1 N–H and O–H groups in total. The normalized spacial score (nSPS) is 17.2. The largest absolute Gasteiger partial charge is 0.465 e. The number of hydrogen-bond acceptors (Lipinski definition) is 7. The van der Waals surface area contributed by atoms with E-state index in [0.29, 0.717) is 23.2 Å². The van der Waals surface area contributed by atoms with Crippen LogP contribution in [0.15, 0.2) is 30.5 Å². The van der Waals surface area contributed by atoms with Crippen molar-refractivity contribution in [2.75, 3.05) is 23.9 Å². The summed E-state index contributed by atoms with van der Waals surface area (Å²) in [5, 5.41) is 11.3. The molecule has 2 aromatic rings. The smallest absolute Gasteiger partial charge is 0.337 e. The molecule has 1 aromatic carbocycles. The van der Waals surface area contributed by atoms with Crippen molar-refractivity contribution in [3.05, 3.63) is 36.0 Å². The van der Waals surface area contributed by atoms with Crippen molar-refractivity contribution in [1.29, 1.82) is 0 Å². The Morgan fingerprint density at radius 3 is 3.08 bits per heavy atom. The summed E-state index contributed by atoms with van der Waals surface area (Å²) in [5.41, 5.74) is 1.19. The third-order valence-electron chi connectivity index (χ3n) is 4.48. The minimum Gasteiger partial charge on any atom is -0.465 e. The number of rotatable bonds is 5. The summed E-state index contributed by atoms with van der Waals surface area (Å²) in [6, 6.07) is 7.53. The van der Waals surface area contributed by atoms with E-state index in [1.54, 1.807) is 24.4 Å². The van der Waals surface area contributed by atoms with Gasteiger partial charge in [-0.15, -0.1) is 5.10 Å². The van der Waals surface area contributed by atoms with E-state index in [2.05, 4.69) is 32.3 Å². The lowest BCUT2D eigenvalue weighted by Gasteiger charge is -2.35. The summed E-state index contributed by atoms with van der Waals surface area (Å²) < 4.78 is 4.75. The molecule has 7 heteroatoms. The number of carbonyl (C=O) groups is 1. The van der Waals surface area contributed by atoms with Crippen LogP contribution in [-0.2, 0) is 4.74 Å². The Morgan fingerprint density at radius 2 is 2.28 bits per heavy atom. The van der Waals surface area contributed by atoms with E-state index in [1.165, 1.54) is 26.4 Å². The Kier molecular flexibility index (Phi) is 5.42. The molecular formula is C18H23N5O2. The Hall–Kier alpha value is -2.70. The van der Waals surface area contributed by atoms with Gasteiger partial charge in [-0.2, -0.15) is 10.1 Å². The fourth-order valence-corrected chi connectivity index (χ4v) is 3.18. The van der Waals surface area contributed by atoms with Crippen LogP contribution >= 0.6 is 0 Å². The molecular weight excluding hydrogens is 318 g/mol. The van der Waals surface area contributed by atoms with Gasteiger partial charge < -0.3 is 15.0 Å². The number of benzene rings is 1. The highest BCUT2D eigenvalue weighted by Crippen LogP contribution is 2.25. The Morgan fingerprint density at radius 1 is 1.40 bits per heavy atom. The van der Waals surface area contributed by atoms with E-state index in [9.17, 15) is 4.79 Å². The highest BCUT2D eigenvalue weighted by Gasteiger charge is 2.22. The first-order chi connectivity index (χ1) is 12.2. The maximum atomic E-state index is 11.6. The Labute approximate surface area is 147 Å². The molecule has 0 bridgehead atoms. The first-order valence-corrected chi connectivity index (χ1v) is 8.63. The van der Waals surface area contributed by atoms with Crippen LogP contribution in [0.4, 0.5) is 17.5 Å². The van der Waals surface area contributed by atoms with Crippen LogP contribution < -0.4 is 10.2 Å². The van der Waals surface area contributed by atoms with Gasteiger partial charge in [0.05, 0.1) is 18.9 Å². The lowest BCUT2D eigenvalue weighted by molar-refractivity contribution is 0.0601. The van der Waals surface area contributed by atoms with Crippen LogP contribution in [0.2, 0.25) is 0 Å². The zero-order valence-electron chi connectivity index (χ0n) is 14.6. The van der Waals surface area contributed by atoms with E-state index < -0.39 is 0 Å². The average Bonchev–Trinajstić information content (AvgIpc) is 2.67. The number of hydrogen-bond donors (Lipinski definition) is 1. The highest BCUT2D eigenvalue weighted by atomic mass is 16.5. The van der Waals surface area contributed by atoms with E-state index in [4.69, 9.17) is 4.74 Å². The molecule has 0 spiro atoms. The summed E-state index contributed by atoms with van der Waals surface area (Å²) >= 11 is 0. The first-order valence-electron chi connectivity index (χ1n) is 8.63. The van der Waals surface area contributed by atoms with Crippen molar-refractivity contribution in [2.45, 2.75) is 38.6 Å². The number of methoxy groups -OCH3 is 1. The van der Waals surface area contributed by atoms with Crippen molar-refractivity contribution in [3.63, 3.8) is 0 Å². The number of carbonyl (C=O) groups excluding carboxylic acids is 1. The fraction of sp³-hybridized carbons (Fsp3) is 0.444. The Bertz CT molecular complexity index is 737. The number of piperidine rings is 1. The van der Waals surface area contributed by atoms with E-state index in [1.807, 2.05) is 6.07 Å².